The van der Waals surface area contributed by atoms with Crippen molar-refractivity contribution in [1.29, 1.82) is 0 Å². The Morgan fingerprint density at radius 1 is 1.21 bits per heavy atom. The molecule has 114 valence electrons. The van der Waals surface area contributed by atoms with E-state index in [9.17, 15) is 4.79 Å². The Labute approximate surface area is 118 Å². The van der Waals surface area contributed by atoms with Crippen molar-refractivity contribution in [3.8, 4) is 0 Å². The first-order chi connectivity index (χ1) is 8.76. The van der Waals surface area contributed by atoms with E-state index in [1.54, 1.807) is 7.05 Å². The maximum Gasteiger partial charge on any atom is 0.245 e. The van der Waals surface area contributed by atoms with Crippen LogP contribution in [0.4, 0.5) is 0 Å². The topological polar surface area (TPSA) is 38.8 Å². The van der Waals surface area contributed by atoms with Gasteiger partial charge in [-0.1, -0.05) is 19.8 Å². The minimum Gasteiger partial charge on any atom is -0.376 e. The Morgan fingerprint density at radius 2 is 1.84 bits per heavy atom. The van der Waals surface area contributed by atoms with Crippen LogP contribution in [0.15, 0.2) is 0 Å². The van der Waals surface area contributed by atoms with E-state index in [1.807, 2.05) is 0 Å². The molecule has 0 heterocycles. The second-order valence-electron chi connectivity index (χ2n) is 6.20. The first-order valence-electron chi connectivity index (χ1n) is 7.21. The van der Waals surface area contributed by atoms with E-state index in [0.717, 1.165) is 32.3 Å². The predicted molar refractivity (Wildman–Crippen MR) is 77.7 cm³/mol. The van der Waals surface area contributed by atoms with Gasteiger partial charge in [0.25, 0.3) is 0 Å². The second-order valence-corrected chi connectivity index (χ2v) is 6.20. The zero-order valence-corrected chi connectivity index (χ0v) is 13.5. The standard InChI is InChI=1S/C15H31NO3/c1-13(12-19-15(2,3)4)10-8-7-9-11-14(17)16(5)18-6/h13H,7-12H2,1-6H3. The molecule has 0 aliphatic heterocycles. The fraction of sp³-hybridized carbons (Fsp3) is 0.933. The summed E-state index contributed by atoms with van der Waals surface area (Å²) in [7, 11) is 3.16. The molecule has 0 aliphatic rings. The van der Waals surface area contributed by atoms with Crippen molar-refractivity contribution in [2.24, 2.45) is 5.92 Å². The van der Waals surface area contributed by atoms with Gasteiger partial charge < -0.3 is 4.74 Å². The van der Waals surface area contributed by atoms with Crippen molar-refractivity contribution in [2.45, 2.75) is 65.4 Å². The van der Waals surface area contributed by atoms with Crippen LogP contribution in [0.2, 0.25) is 0 Å². The summed E-state index contributed by atoms with van der Waals surface area (Å²) >= 11 is 0. The van der Waals surface area contributed by atoms with Gasteiger partial charge in [-0.3, -0.25) is 9.63 Å². The van der Waals surface area contributed by atoms with Crippen LogP contribution in [-0.2, 0) is 14.4 Å². The number of amides is 1. The Morgan fingerprint density at radius 3 is 2.37 bits per heavy atom. The van der Waals surface area contributed by atoms with Crippen LogP contribution in [0.5, 0.6) is 0 Å². The van der Waals surface area contributed by atoms with E-state index < -0.39 is 0 Å². The summed E-state index contributed by atoms with van der Waals surface area (Å²) in [4.78, 5) is 16.3. The zero-order chi connectivity index (χ0) is 14.9. The summed E-state index contributed by atoms with van der Waals surface area (Å²) in [5.74, 6) is 0.628. The molecule has 0 bridgehead atoms. The fourth-order valence-electron chi connectivity index (χ4n) is 1.68. The van der Waals surface area contributed by atoms with E-state index in [4.69, 9.17) is 9.57 Å². The second kappa shape index (κ2) is 9.32. The molecule has 4 heteroatoms. The number of ether oxygens (including phenoxy) is 1. The van der Waals surface area contributed by atoms with Crippen molar-refractivity contribution in [3.63, 3.8) is 0 Å². The summed E-state index contributed by atoms with van der Waals surface area (Å²) in [6.07, 6.45) is 4.89. The highest BCUT2D eigenvalue weighted by molar-refractivity contribution is 5.74. The minimum absolute atomic E-state index is 0.0478. The summed E-state index contributed by atoms with van der Waals surface area (Å²) in [6.45, 7) is 9.28. The van der Waals surface area contributed by atoms with Crippen LogP contribution in [0.3, 0.4) is 0 Å². The Bertz CT molecular complexity index is 248. The van der Waals surface area contributed by atoms with Crippen LogP contribution in [0, 0.1) is 5.92 Å². The Balaban J connectivity index is 3.51. The first-order valence-corrected chi connectivity index (χ1v) is 7.21. The number of rotatable bonds is 9. The van der Waals surface area contributed by atoms with Gasteiger partial charge in [-0.15, -0.1) is 0 Å². The zero-order valence-electron chi connectivity index (χ0n) is 13.5. The van der Waals surface area contributed by atoms with E-state index >= 15 is 0 Å². The lowest BCUT2D eigenvalue weighted by Gasteiger charge is -2.22. The van der Waals surface area contributed by atoms with Gasteiger partial charge in [0.1, 0.15) is 0 Å². The highest BCUT2D eigenvalue weighted by atomic mass is 16.7. The molecule has 19 heavy (non-hydrogen) atoms. The normalized spacial score (nSPS) is 13.4. The van der Waals surface area contributed by atoms with Crippen LogP contribution >= 0.6 is 0 Å². The van der Waals surface area contributed by atoms with E-state index in [0.29, 0.717) is 12.3 Å². The SMILES string of the molecule is CON(C)C(=O)CCCCCC(C)COC(C)(C)C. The van der Waals surface area contributed by atoms with Crippen LogP contribution in [-0.4, -0.2) is 37.3 Å². The quantitative estimate of drug-likeness (QED) is 0.477. The van der Waals surface area contributed by atoms with E-state index in [2.05, 4.69) is 27.7 Å². The lowest BCUT2D eigenvalue weighted by Crippen LogP contribution is -2.24. The van der Waals surface area contributed by atoms with Gasteiger partial charge in [-0.25, -0.2) is 5.06 Å². The molecule has 0 fully saturated rings. The molecule has 0 aromatic heterocycles. The summed E-state index contributed by atoms with van der Waals surface area (Å²) in [5.41, 5.74) is -0.0502. The summed E-state index contributed by atoms with van der Waals surface area (Å²) in [5, 5.41) is 1.29. The number of carbonyl (C=O) groups is 1. The van der Waals surface area contributed by atoms with Gasteiger partial charge in [0.15, 0.2) is 0 Å². The average Bonchev–Trinajstić information content (AvgIpc) is 2.33. The van der Waals surface area contributed by atoms with Crippen molar-refractivity contribution in [2.75, 3.05) is 20.8 Å². The molecule has 4 nitrogen and oxygen atoms in total. The molecule has 0 rings (SSSR count). The molecule has 0 spiro atoms. The lowest BCUT2D eigenvalue weighted by atomic mass is 10.0. The Kier molecular flexibility index (Phi) is 9.02. The third-order valence-electron chi connectivity index (χ3n) is 3.01. The summed E-state index contributed by atoms with van der Waals surface area (Å²) in [6, 6.07) is 0. The van der Waals surface area contributed by atoms with E-state index in [-0.39, 0.29) is 11.5 Å². The number of nitrogens with zero attached hydrogens (tertiary/aromatic N) is 1. The van der Waals surface area contributed by atoms with Gasteiger partial charge in [-0.05, 0) is 39.5 Å². The molecule has 0 N–H and O–H groups in total. The molecule has 0 saturated heterocycles. The third-order valence-corrected chi connectivity index (χ3v) is 3.01. The highest BCUT2D eigenvalue weighted by Gasteiger charge is 2.12. The molecule has 0 saturated carbocycles. The molecular formula is C15H31NO3. The third kappa shape index (κ3) is 11.0. The fourth-order valence-corrected chi connectivity index (χ4v) is 1.68. The van der Waals surface area contributed by atoms with Crippen LogP contribution < -0.4 is 0 Å². The molecule has 0 aromatic carbocycles. The summed E-state index contributed by atoms with van der Waals surface area (Å²) < 4.78 is 5.76. The smallest absolute Gasteiger partial charge is 0.245 e. The molecule has 0 radical (unpaired) electrons. The number of hydroxylamine groups is 2. The van der Waals surface area contributed by atoms with Gasteiger partial charge in [0.05, 0.1) is 12.7 Å². The van der Waals surface area contributed by atoms with Gasteiger partial charge >= 0.3 is 0 Å². The molecule has 0 aliphatic carbocycles. The maximum atomic E-state index is 11.5. The van der Waals surface area contributed by atoms with Crippen molar-refractivity contribution >= 4 is 5.91 Å². The first kappa shape index (κ1) is 18.4. The maximum absolute atomic E-state index is 11.5. The average molecular weight is 273 g/mol. The predicted octanol–water partition coefficient (Wildman–Crippen LogP) is 3.41. The molecule has 1 unspecified atom stereocenters. The largest absolute Gasteiger partial charge is 0.376 e. The monoisotopic (exact) mass is 273 g/mol. The van der Waals surface area contributed by atoms with Crippen molar-refractivity contribution in [1.82, 2.24) is 5.06 Å². The number of hydrogen-bond acceptors (Lipinski definition) is 3. The molecule has 0 aromatic rings. The van der Waals surface area contributed by atoms with Crippen molar-refractivity contribution < 1.29 is 14.4 Å². The van der Waals surface area contributed by atoms with Gasteiger partial charge in [0.2, 0.25) is 5.91 Å². The molecule has 1 amide bonds. The number of carbonyl (C=O) groups excluding carboxylic acids is 1. The number of unbranched alkanes of at least 4 members (excludes halogenated alkanes) is 2. The lowest BCUT2D eigenvalue weighted by molar-refractivity contribution is -0.168. The Hall–Kier alpha value is -0.610. The van der Waals surface area contributed by atoms with Crippen LogP contribution in [0.1, 0.15) is 59.8 Å². The van der Waals surface area contributed by atoms with Gasteiger partial charge in [-0.2, -0.15) is 0 Å². The molecular weight excluding hydrogens is 242 g/mol. The number of hydrogen-bond donors (Lipinski definition) is 0. The minimum atomic E-state index is -0.0502. The van der Waals surface area contributed by atoms with Gasteiger partial charge in [0, 0.05) is 20.1 Å². The van der Waals surface area contributed by atoms with Crippen LogP contribution in [0.25, 0.3) is 0 Å². The van der Waals surface area contributed by atoms with Crippen molar-refractivity contribution in [3.05, 3.63) is 0 Å². The highest BCUT2D eigenvalue weighted by Crippen LogP contribution is 2.15. The molecule has 1 atom stereocenters. The van der Waals surface area contributed by atoms with E-state index in [1.165, 1.54) is 12.2 Å².